The number of rotatable bonds is 13. The van der Waals surface area contributed by atoms with Gasteiger partial charge in [0.25, 0.3) is 0 Å². The van der Waals surface area contributed by atoms with Crippen LogP contribution < -0.4 is 0 Å². The Kier molecular flexibility index (Phi) is 11.2. The summed E-state index contributed by atoms with van der Waals surface area (Å²) >= 11 is 0. The van der Waals surface area contributed by atoms with E-state index in [-0.39, 0.29) is 25.3 Å². The summed E-state index contributed by atoms with van der Waals surface area (Å²) in [4.78, 5) is 23.3. The van der Waals surface area contributed by atoms with Crippen LogP contribution in [0.5, 0.6) is 0 Å². The van der Waals surface area contributed by atoms with Crippen molar-refractivity contribution in [3.63, 3.8) is 0 Å². The van der Waals surface area contributed by atoms with Crippen LogP contribution in [0.25, 0.3) is 0 Å². The van der Waals surface area contributed by atoms with Gasteiger partial charge in [-0.1, -0.05) is 0 Å². The largest absolute Gasteiger partial charge is 0.539 e. The molecule has 0 N–H and O–H groups in total. The zero-order valence-electron chi connectivity index (χ0n) is 14.9. The zero-order valence-corrected chi connectivity index (χ0v) is 16.9. The van der Waals surface area contributed by atoms with Crippen molar-refractivity contribution in [1.29, 1.82) is 0 Å². The molecular formula is C12H26O10Si2. The van der Waals surface area contributed by atoms with E-state index in [2.05, 4.69) is 0 Å². The molecule has 0 aliphatic rings. The molecule has 12 heteroatoms. The number of carbonyl (C=O) groups excluding carboxylic acids is 2. The molecule has 0 spiro atoms. The van der Waals surface area contributed by atoms with E-state index in [1.165, 1.54) is 42.7 Å². The lowest BCUT2D eigenvalue weighted by atomic mass is 10.3. The van der Waals surface area contributed by atoms with Gasteiger partial charge in [0.15, 0.2) is 12.5 Å². The minimum Gasteiger partial charge on any atom is -0.461 e. The van der Waals surface area contributed by atoms with Gasteiger partial charge in [0, 0.05) is 42.7 Å². The van der Waals surface area contributed by atoms with E-state index >= 15 is 0 Å². The Morgan fingerprint density at radius 2 is 0.833 bits per heavy atom. The molecule has 0 unspecified atom stereocenters. The molecule has 0 aromatic carbocycles. The molecule has 0 bridgehead atoms. The predicted molar refractivity (Wildman–Crippen MR) is 84.7 cm³/mol. The summed E-state index contributed by atoms with van der Waals surface area (Å²) in [7, 11) is 2.44. The summed E-state index contributed by atoms with van der Waals surface area (Å²) in [6.07, 6.45) is -0.585. The van der Waals surface area contributed by atoms with Crippen molar-refractivity contribution < 1.29 is 45.6 Å². The highest BCUT2D eigenvalue weighted by molar-refractivity contribution is 6.61. The van der Waals surface area contributed by atoms with Crippen LogP contribution in [0.15, 0.2) is 0 Å². The summed E-state index contributed by atoms with van der Waals surface area (Å²) in [6.45, 7) is 0. The highest BCUT2D eigenvalue weighted by atomic mass is 28.4. The topological polar surface area (TPSA) is 108 Å². The molecule has 24 heavy (non-hydrogen) atoms. The van der Waals surface area contributed by atoms with Gasteiger partial charge in [-0.05, 0) is 0 Å². The molecule has 0 amide bonds. The normalized spacial score (nSPS) is 12.1. The van der Waals surface area contributed by atoms with Crippen molar-refractivity contribution in [3.05, 3.63) is 0 Å². The summed E-state index contributed by atoms with van der Waals surface area (Å²) in [5.41, 5.74) is 0. The van der Waals surface area contributed by atoms with Gasteiger partial charge in [0.1, 0.15) is 0 Å². The monoisotopic (exact) mass is 386 g/mol. The first-order valence-electron chi connectivity index (χ1n) is 6.98. The van der Waals surface area contributed by atoms with Crippen molar-refractivity contribution in [1.82, 2.24) is 0 Å². The minimum absolute atomic E-state index is 0.141. The molecule has 0 aliphatic heterocycles. The minimum atomic E-state index is -2.99. The van der Waals surface area contributed by atoms with Gasteiger partial charge in [0.05, 0.1) is 12.8 Å². The predicted octanol–water partition coefficient (Wildman–Crippen LogP) is -0.312. The molecule has 10 nitrogen and oxygen atoms in total. The Balaban J connectivity index is 4.21. The Bertz CT molecular complexity index is 332. The van der Waals surface area contributed by atoms with E-state index in [1.54, 1.807) is 0 Å². The van der Waals surface area contributed by atoms with E-state index in [1.807, 2.05) is 0 Å². The standard InChI is InChI=1S/C12H26O10Si2/c1-15-23(16-2,17-3)9-21-11(13)7-8-12(14)22-10-24(18-4,19-5)20-6/h7-10H2,1-6H3. The highest BCUT2D eigenvalue weighted by Crippen LogP contribution is 2.09. The second kappa shape index (κ2) is 11.6. The quantitative estimate of drug-likeness (QED) is 0.309. The first-order valence-corrected chi connectivity index (χ1v) is 10.8. The van der Waals surface area contributed by atoms with Crippen LogP contribution in [0.4, 0.5) is 0 Å². The van der Waals surface area contributed by atoms with Crippen LogP contribution in [0, 0.1) is 0 Å². The van der Waals surface area contributed by atoms with E-state index < -0.39 is 29.5 Å². The Labute approximate surface area is 143 Å². The van der Waals surface area contributed by atoms with Crippen LogP contribution in [0.3, 0.4) is 0 Å². The molecule has 0 aromatic rings. The third kappa shape index (κ3) is 7.35. The smallest absolute Gasteiger partial charge is 0.461 e. The third-order valence-corrected chi connectivity index (χ3v) is 7.95. The fraction of sp³-hybridized carbons (Fsp3) is 0.833. The van der Waals surface area contributed by atoms with Crippen LogP contribution in [-0.2, 0) is 45.6 Å². The molecule has 0 rings (SSSR count). The molecule has 0 heterocycles. The SMILES string of the molecule is CO[Si](COC(=O)CCC(=O)OC[Si](OC)(OC)OC)(OC)OC. The maximum absolute atomic E-state index is 11.7. The van der Waals surface area contributed by atoms with Crippen LogP contribution in [0.2, 0.25) is 0 Å². The molecule has 142 valence electrons. The summed E-state index contributed by atoms with van der Waals surface area (Å²) in [5.74, 6) is -1.19. The first kappa shape index (κ1) is 23.1. The summed E-state index contributed by atoms with van der Waals surface area (Å²) < 4.78 is 40.7. The lowest BCUT2D eigenvalue weighted by molar-refractivity contribution is -0.150. The van der Waals surface area contributed by atoms with E-state index in [0.717, 1.165) is 0 Å². The number of ether oxygens (including phenoxy) is 2. The van der Waals surface area contributed by atoms with Gasteiger partial charge < -0.3 is 36.0 Å². The molecule has 0 aromatic heterocycles. The van der Waals surface area contributed by atoms with Crippen molar-refractivity contribution in [3.8, 4) is 0 Å². The molecule has 0 saturated carbocycles. The van der Waals surface area contributed by atoms with Gasteiger partial charge in [0.2, 0.25) is 0 Å². The zero-order chi connectivity index (χ0) is 18.6. The van der Waals surface area contributed by atoms with Crippen LogP contribution >= 0.6 is 0 Å². The second-order valence-corrected chi connectivity index (χ2v) is 10.2. The maximum atomic E-state index is 11.7. The molecule has 0 radical (unpaired) electrons. The van der Waals surface area contributed by atoms with Gasteiger partial charge in [-0.2, -0.15) is 0 Å². The van der Waals surface area contributed by atoms with E-state index in [9.17, 15) is 9.59 Å². The molecule has 0 saturated heterocycles. The van der Waals surface area contributed by atoms with Gasteiger partial charge >= 0.3 is 29.5 Å². The number of hydrogen-bond acceptors (Lipinski definition) is 10. The van der Waals surface area contributed by atoms with Crippen molar-refractivity contribution in [2.24, 2.45) is 0 Å². The Hall–Kier alpha value is -0.866. The van der Waals surface area contributed by atoms with E-state index in [0.29, 0.717) is 0 Å². The lowest BCUT2D eigenvalue weighted by Gasteiger charge is -2.24. The van der Waals surface area contributed by atoms with Crippen LogP contribution in [-0.4, -0.2) is 84.7 Å². The maximum Gasteiger partial charge on any atom is 0.539 e. The second-order valence-electron chi connectivity index (χ2n) is 4.41. The van der Waals surface area contributed by atoms with Gasteiger partial charge in [-0.3, -0.25) is 9.59 Å². The molecule has 0 atom stereocenters. The first-order chi connectivity index (χ1) is 11.4. The Morgan fingerprint density at radius 3 is 1.04 bits per heavy atom. The van der Waals surface area contributed by atoms with Crippen molar-refractivity contribution in [2.75, 3.05) is 55.1 Å². The van der Waals surface area contributed by atoms with Gasteiger partial charge in [-0.25, -0.2) is 0 Å². The van der Waals surface area contributed by atoms with Crippen LogP contribution in [0.1, 0.15) is 12.8 Å². The number of hydrogen-bond donors (Lipinski definition) is 0. The fourth-order valence-corrected chi connectivity index (χ4v) is 3.92. The lowest BCUT2D eigenvalue weighted by Crippen LogP contribution is -2.49. The molecule has 0 aliphatic carbocycles. The Morgan fingerprint density at radius 1 is 0.583 bits per heavy atom. The summed E-state index contributed by atoms with van der Waals surface area (Å²) in [5, 5.41) is 0. The number of esters is 2. The fourth-order valence-electron chi connectivity index (χ4n) is 1.54. The van der Waals surface area contributed by atoms with Crippen molar-refractivity contribution in [2.45, 2.75) is 12.8 Å². The average molecular weight is 387 g/mol. The average Bonchev–Trinajstić information content (AvgIpc) is 2.63. The molecule has 0 fully saturated rings. The third-order valence-electron chi connectivity index (χ3n) is 3.22. The van der Waals surface area contributed by atoms with E-state index in [4.69, 9.17) is 36.0 Å². The van der Waals surface area contributed by atoms with Gasteiger partial charge in [-0.15, -0.1) is 0 Å². The van der Waals surface area contributed by atoms with Crippen molar-refractivity contribution >= 4 is 29.5 Å². The molecular weight excluding hydrogens is 360 g/mol. The summed E-state index contributed by atoms with van der Waals surface area (Å²) in [6, 6.07) is 0. The number of carbonyl (C=O) groups is 2. The highest BCUT2D eigenvalue weighted by Gasteiger charge is 2.41.